The van der Waals surface area contributed by atoms with Gasteiger partial charge in [0.1, 0.15) is 18.1 Å². The van der Waals surface area contributed by atoms with Crippen LogP contribution in [0.3, 0.4) is 0 Å². The Morgan fingerprint density at radius 2 is 1.39 bits per heavy atom. The van der Waals surface area contributed by atoms with E-state index in [9.17, 15) is 14.4 Å². The van der Waals surface area contributed by atoms with E-state index in [1.165, 1.54) is 17.3 Å². The monoisotopic (exact) mass is 730 g/mol. The first-order valence-electron chi connectivity index (χ1n) is 17.6. The molecule has 268 valence electrons. The molecule has 1 heterocycles. The summed E-state index contributed by atoms with van der Waals surface area (Å²) in [5.41, 5.74) is 5.80. The number of benzene rings is 6. The number of ether oxygens (including phenoxy) is 1. The van der Waals surface area contributed by atoms with E-state index in [0.29, 0.717) is 29.2 Å². The van der Waals surface area contributed by atoms with Crippen molar-refractivity contribution >= 4 is 68.7 Å². The molecule has 0 unspecified atom stereocenters. The third-order valence-corrected chi connectivity index (χ3v) is 9.80. The van der Waals surface area contributed by atoms with Crippen LogP contribution in [-0.2, 0) is 22.7 Å². The summed E-state index contributed by atoms with van der Waals surface area (Å²) >= 11 is 1.36. The van der Waals surface area contributed by atoms with Crippen molar-refractivity contribution in [3.05, 3.63) is 174 Å². The fourth-order valence-corrected chi connectivity index (χ4v) is 6.95. The Morgan fingerprint density at radius 3 is 2.17 bits per heavy atom. The first kappa shape index (κ1) is 35.8. The van der Waals surface area contributed by atoms with E-state index < -0.39 is 11.8 Å². The average Bonchev–Trinajstić information content (AvgIpc) is 3.53. The molecule has 3 N–H and O–H groups in total. The van der Waals surface area contributed by atoms with Crippen LogP contribution in [0.5, 0.6) is 5.75 Å². The van der Waals surface area contributed by atoms with Crippen LogP contribution in [0.25, 0.3) is 27.9 Å². The number of carbonyl (C=O) groups is 3. The highest BCUT2D eigenvalue weighted by atomic mass is 32.2. The maximum absolute atomic E-state index is 13.7. The second kappa shape index (κ2) is 16.8. The van der Waals surface area contributed by atoms with E-state index in [4.69, 9.17) is 4.74 Å². The van der Waals surface area contributed by atoms with Crippen LogP contribution in [0.15, 0.2) is 162 Å². The largest absolute Gasteiger partial charge is 0.489 e. The Bertz CT molecular complexity index is 2460. The summed E-state index contributed by atoms with van der Waals surface area (Å²) in [7, 11) is 0. The zero-order valence-corrected chi connectivity index (χ0v) is 30.4. The van der Waals surface area contributed by atoms with Gasteiger partial charge in [0.15, 0.2) is 0 Å². The molecule has 0 saturated carbocycles. The molecule has 54 heavy (non-hydrogen) atoms. The van der Waals surface area contributed by atoms with Crippen LogP contribution in [0.4, 0.5) is 11.4 Å². The molecule has 6 aromatic carbocycles. The molecule has 9 heteroatoms. The number of anilines is 2. The molecule has 0 bridgehead atoms. The zero-order valence-electron chi connectivity index (χ0n) is 29.6. The highest BCUT2D eigenvalue weighted by Crippen LogP contribution is 2.31. The average molecular weight is 731 g/mol. The minimum absolute atomic E-state index is 0.0678. The number of nitrogens with zero attached hydrogens (tertiary/aromatic N) is 1. The molecule has 7 aromatic rings. The van der Waals surface area contributed by atoms with Gasteiger partial charge in [-0.05, 0) is 90.9 Å². The van der Waals surface area contributed by atoms with E-state index in [-0.39, 0.29) is 17.4 Å². The minimum Gasteiger partial charge on any atom is -0.489 e. The van der Waals surface area contributed by atoms with Crippen molar-refractivity contribution in [2.45, 2.75) is 25.0 Å². The summed E-state index contributed by atoms with van der Waals surface area (Å²) in [6.45, 7) is 3.41. The highest BCUT2D eigenvalue weighted by Gasteiger charge is 2.16. The summed E-state index contributed by atoms with van der Waals surface area (Å²) in [5, 5.41) is 11.0. The molecule has 7 rings (SSSR count). The Morgan fingerprint density at radius 1 is 0.685 bits per heavy atom. The minimum atomic E-state index is -0.497. The lowest BCUT2D eigenvalue weighted by molar-refractivity contribution is -0.114. The second-order valence-corrected chi connectivity index (χ2v) is 13.6. The highest BCUT2D eigenvalue weighted by molar-refractivity contribution is 8.00. The van der Waals surface area contributed by atoms with E-state index in [1.54, 1.807) is 42.5 Å². The van der Waals surface area contributed by atoms with Crippen molar-refractivity contribution in [2.75, 3.05) is 16.4 Å². The SMILES string of the molecule is CCn1c2ccccc2c2cc(NC(=O)CSc3cccc(NC(=O)/C(=C/c4ccc(OCc5ccccc5)cc4)NC(=O)c4ccccc4)c3)ccc21. The Balaban J connectivity index is 1.01. The lowest BCUT2D eigenvalue weighted by Crippen LogP contribution is -2.30. The topological polar surface area (TPSA) is 101 Å². The summed E-state index contributed by atoms with van der Waals surface area (Å²) in [6, 6.07) is 47.5. The van der Waals surface area contributed by atoms with Crippen molar-refractivity contribution in [3.8, 4) is 5.75 Å². The van der Waals surface area contributed by atoms with E-state index in [2.05, 4.69) is 45.6 Å². The van der Waals surface area contributed by atoms with Gasteiger partial charge in [0.2, 0.25) is 5.91 Å². The Kier molecular flexibility index (Phi) is 11.2. The molecule has 0 aliphatic rings. The summed E-state index contributed by atoms with van der Waals surface area (Å²) < 4.78 is 8.19. The molecule has 0 atom stereocenters. The maximum Gasteiger partial charge on any atom is 0.272 e. The first-order valence-corrected chi connectivity index (χ1v) is 18.6. The molecule has 0 aliphatic heterocycles. The molecule has 0 saturated heterocycles. The predicted molar refractivity (Wildman–Crippen MR) is 219 cm³/mol. The summed E-state index contributed by atoms with van der Waals surface area (Å²) in [4.78, 5) is 40.7. The third-order valence-electron chi connectivity index (χ3n) is 8.80. The van der Waals surface area contributed by atoms with Crippen molar-refractivity contribution in [3.63, 3.8) is 0 Å². The van der Waals surface area contributed by atoms with Gasteiger partial charge in [0, 0.05) is 50.2 Å². The molecule has 0 spiro atoms. The number of thioether (sulfide) groups is 1. The quantitative estimate of drug-likeness (QED) is 0.0811. The van der Waals surface area contributed by atoms with Gasteiger partial charge in [-0.3, -0.25) is 14.4 Å². The number of aryl methyl sites for hydroxylation is 1. The second-order valence-electron chi connectivity index (χ2n) is 12.5. The number of para-hydroxylation sites is 1. The standard InChI is InChI=1S/C45H38N4O4S/c1-2-49-41-19-10-9-18-38(41)39-28-35(22-25-42(39)49)46-43(50)30-54-37-17-11-16-34(27-37)47-45(52)40(48-44(51)33-14-7-4-8-15-33)26-31-20-23-36(24-21-31)53-29-32-12-5-3-6-13-32/h3-28H,2,29-30H2,1H3,(H,46,50)(H,47,52)(H,48,51)/b40-26-. The third kappa shape index (κ3) is 8.71. The molecular formula is C45H38N4O4S. The van der Waals surface area contributed by atoms with Crippen molar-refractivity contribution in [1.82, 2.24) is 9.88 Å². The molecular weight excluding hydrogens is 693 g/mol. The van der Waals surface area contributed by atoms with Crippen molar-refractivity contribution in [2.24, 2.45) is 0 Å². The number of aromatic nitrogens is 1. The fraction of sp³-hybridized carbons (Fsp3) is 0.0889. The van der Waals surface area contributed by atoms with Gasteiger partial charge in [-0.15, -0.1) is 11.8 Å². The van der Waals surface area contributed by atoms with Gasteiger partial charge in [0.25, 0.3) is 11.8 Å². The zero-order chi connectivity index (χ0) is 37.3. The Labute approximate surface area is 317 Å². The van der Waals surface area contributed by atoms with Gasteiger partial charge in [-0.2, -0.15) is 0 Å². The molecule has 1 aromatic heterocycles. The summed E-state index contributed by atoms with van der Waals surface area (Å²) in [6.07, 6.45) is 1.62. The molecule has 0 aliphatic carbocycles. The molecule has 0 radical (unpaired) electrons. The van der Waals surface area contributed by atoms with Gasteiger partial charge in [0.05, 0.1) is 5.75 Å². The lowest BCUT2D eigenvalue weighted by atomic mass is 10.1. The van der Waals surface area contributed by atoms with Crippen molar-refractivity contribution < 1.29 is 19.1 Å². The fourth-order valence-electron chi connectivity index (χ4n) is 6.19. The van der Waals surface area contributed by atoms with E-state index in [1.807, 2.05) is 97.1 Å². The maximum atomic E-state index is 13.7. The number of fused-ring (bicyclic) bond motifs is 3. The molecule has 8 nitrogen and oxygen atoms in total. The van der Waals surface area contributed by atoms with E-state index >= 15 is 0 Å². The molecule has 0 fully saturated rings. The summed E-state index contributed by atoms with van der Waals surface area (Å²) in [5.74, 6) is -0.193. The number of hydrogen-bond donors (Lipinski definition) is 3. The van der Waals surface area contributed by atoms with Gasteiger partial charge in [-0.1, -0.05) is 84.9 Å². The van der Waals surface area contributed by atoms with Crippen LogP contribution in [0.1, 0.15) is 28.4 Å². The predicted octanol–water partition coefficient (Wildman–Crippen LogP) is 9.53. The van der Waals surface area contributed by atoms with Crippen LogP contribution in [0.2, 0.25) is 0 Å². The number of hydrogen-bond acceptors (Lipinski definition) is 5. The normalized spacial score (nSPS) is 11.3. The van der Waals surface area contributed by atoms with Crippen LogP contribution < -0.4 is 20.7 Å². The van der Waals surface area contributed by atoms with E-state index in [0.717, 1.165) is 39.0 Å². The number of rotatable bonds is 13. The van der Waals surface area contributed by atoms with Crippen molar-refractivity contribution in [1.29, 1.82) is 0 Å². The van der Waals surface area contributed by atoms with Gasteiger partial charge in [-0.25, -0.2) is 0 Å². The van der Waals surface area contributed by atoms with Crippen LogP contribution in [0, 0.1) is 0 Å². The smallest absolute Gasteiger partial charge is 0.272 e. The number of carbonyl (C=O) groups excluding carboxylic acids is 3. The first-order chi connectivity index (χ1) is 26.4. The lowest BCUT2D eigenvalue weighted by Gasteiger charge is -2.13. The number of nitrogens with one attached hydrogen (secondary N) is 3. The van der Waals surface area contributed by atoms with Crippen LogP contribution >= 0.6 is 11.8 Å². The Hall–Kier alpha value is -6.58. The van der Waals surface area contributed by atoms with Crippen LogP contribution in [-0.4, -0.2) is 28.0 Å². The molecule has 3 amide bonds. The van der Waals surface area contributed by atoms with Gasteiger partial charge < -0.3 is 25.3 Å². The number of amides is 3. The van der Waals surface area contributed by atoms with Gasteiger partial charge >= 0.3 is 0 Å².